The number of anilines is 1. The molecular formula is C15H14N4O2. The van der Waals surface area contributed by atoms with E-state index in [4.69, 9.17) is 5.26 Å². The van der Waals surface area contributed by atoms with Gasteiger partial charge in [0.05, 0.1) is 4.92 Å². The number of nitro groups is 1. The van der Waals surface area contributed by atoms with E-state index >= 15 is 0 Å². The third-order valence-electron chi connectivity index (χ3n) is 3.14. The number of pyridine rings is 1. The molecule has 0 bridgehead atoms. The number of hydrogen-bond acceptors (Lipinski definition) is 5. The summed E-state index contributed by atoms with van der Waals surface area (Å²) in [5.41, 5.74) is 1.90. The summed E-state index contributed by atoms with van der Waals surface area (Å²) in [6, 6.07) is 12.6. The van der Waals surface area contributed by atoms with Gasteiger partial charge in [0.2, 0.25) is 5.69 Å². The molecule has 0 radical (unpaired) electrons. The van der Waals surface area contributed by atoms with Crippen molar-refractivity contribution in [3.8, 4) is 6.07 Å². The van der Waals surface area contributed by atoms with E-state index in [9.17, 15) is 10.1 Å². The van der Waals surface area contributed by atoms with E-state index in [2.05, 4.69) is 23.3 Å². The standard InChI is InChI=1S/C15H14N4O2/c1-2-11-5-3-4-6-12(11)10-17-15-8-7-14(19(20)21)13(9-16)18-15/h3-8H,2,10H2,1H3,(H,17,18). The molecule has 0 unspecified atom stereocenters. The highest BCUT2D eigenvalue weighted by molar-refractivity contribution is 5.50. The zero-order valence-corrected chi connectivity index (χ0v) is 11.5. The summed E-state index contributed by atoms with van der Waals surface area (Å²) in [5, 5.41) is 22.8. The third-order valence-corrected chi connectivity index (χ3v) is 3.14. The minimum Gasteiger partial charge on any atom is -0.366 e. The van der Waals surface area contributed by atoms with Crippen LogP contribution < -0.4 is 5.32 Å². The van der Waals surface area contributed by atoms with Crippen LogP contribution in [0.25, 0.3) is 0 Å². The van der Waals surface area contributed by atoms with Gasteiger partial charge in [-0.05, 0) is 23.6 Å². The van der Waals surface area contributed by atoms with Crippen molar-refractivity contribution >= 4 is 11.5 Å². The highest BCUT2D eigenvalue weighted by atomic mass is 16.6. The Hall–Kier alpha value is -2.94. The minimum atomic E-state index is -0.609. The normalized spacial score (nSPS) is 9.90. The van der Waals surface area contributed by atoms with E-state index in [1.807, 2.05) is 18.2 Å². The van der Waals surface area contributed by atoms with Crippen LogP contribution in [0.2, 0.25) is 0 Å². The second-order valence-corrected chi connectivity index (χ2v) is 4.41. The lowest BCUT2D eigenvalue weighted by molar-refractivity contribution is -0.385. The van der Waals surface area contributed by atoms with Crippen LogP contribution in [0, 0.1) is 21.4 Å². The summed E-state index contributed by atoms with van der Waals surface area (Å²) < 4.78 is 0. The number of nitriles is 1. The predicted molar refractivity (Wildman–Crippen MR) is 78.8 cm³/mol. The van der Waals surface area contributed by atoms with E-state index in [0.717, 1.165) is 12.0 Å². The smallest absolute Gasteiger partial charge is 0.305 e. The summed E-state index contributed by atoms with van der Waals surface area (Å²) in [4.78, 5) is 14.1. The molecule has 0 atom stereocenters. The SMILES string of the molecule is CCc1ccccc1CNc1ccc([N+](=O)[O-])c(C#N)n1. The Labute approximate surface area is 122 Å². The van der Waals surface area contributed by atoms with Gasteiger partial charge in [-0.1, -0.05) is 31.2 Å². The topological polar surface area (TPSA) is 91.9 Å². The number of nitrogens with zero attached hydrogens (tertiary/aromatic N) is 3. The maximum atomic E-state index is 10.7. The molecule has 1 aromatic carbocycles. The lowest BCUT2D eigenvalue weighted by Crippen LogP contribution is -2.05. The maximum Gasteiger partial charge on any atom is 0.305 e. The van der Waals surface area contributed by atoms with Gasteiger partial charge in [0.15, 0.2) is 0 Å². The molecule has 0 fully saturated rings. The molecule has 1 N–H and O–H groups in total. The molecule has 21 heavy (non-hydrogen) atoms. The van der Waals surface area contributed by atoms with Gasteiger partial charge in [-0.15, -0.1) is 0 Å². The number of nitrogens with one attached hydrogen (secondary N) is 1. The number of benzene rings is 1. The van der Waals surface area contributed by atoms with Crippen LogP contribution in [-0.4, -0.2) is 9.91 Å². The summed E-state index contributed by atoms with van der Waals surface area (Å²) >= 11 is 0. The molecular weight excluding hydrogens is 268 g/mol. The molecule has 2 aromatic rings. The number of aryl methyl sites for hydroxylation is 1. The first-order valence-corrected chi connectivity index (χ1v) is 6.52. The molecule has 0 aliphatic rings. The van der Waals surface area contributed by atoms with Crippen LogP contribution >= 0.6 is 0 Å². The fourth-order valence-corrected chi connectivity index (χ4v) is 2.04. The van der Waals surface area contributed by atoms with Crippen molar-refractivity contribution in [1.82, 2.24) is 4.98 Å². The fourth-order valence-electron chi connectivity index (χ4n) is 2.04. The van der Waals surface area contributed by atoms with Gasteiger partial charge in [0, 0.05) is 12.6 Å². The predicted octanol–water partition coefficient (Wildman–Crippen LogP) is 3.04. The summed E-state index contributed by atoms with van der Waals surface area (Å²) in [6.45, 7) is 2.64. The molecule has 0 amide bonds. The Kier molecular flexibility index (Phi) is 4.46. The third kappa shape index (κ3) is 3.34. The molecule has 0 aliphatic carbocycles. The van der Waals surface area contributed by atoms with Crippen molar-refractivity contribution in [2.24, 2.45) is 0 Å². The van der Waals surface area contributed by atoms with Crippen molar-refractivity contribution in [2.75, 3.05) is 5.32 Å². The molecule has 0 aliphatic heterocycles. The lowest BCUT2D eigenvalue weighted by atomic mass is 10.1. The molecule has 0 saturated carbocycles. The van der Waals surface area contributed by atoms with Gasteiger partial charge in [-0.25, -0.2) is 4.98 Å². The second kappa shape index (κ2) is 6.48. The van der Waals surface area contributed by atoms with Crippen LogP contribution in [0.5, 0.6) is 0 Å². The molecule has 2 rings (SSSR count). The fraction of sp³-hybridized carbons (Fsp3) is 0.200. The second-order valence-electron chi connectivity index (χ2n) is 4.41. The monoisotopic (exact) mass is 282 g/mol. The molecule has 6 heteroatoms. The first-order chi connectivity index (χ1) is 10.2. The lowest BCUT2D eigenvalue weighted by Gasteiger charge is -2.09. The molecule has 6 nitrogen and oxygen atoms in total. The van der Waals surface area contributed by atoms with Gasteiger partial charge >= 0.3 is 5.69 Å². The quantitative estimate of drug-likeness (QED) is 0.672. The van der Waals surface area contributed by atoms with Crippen LogP contribution in [0.4, 0.5) is 11.5 Å². The van der Waals surface area contributed by atoms with Gasteiger partial charge in [-0.3, -0.25) is 10.1 Å². The van der Waals surface area contributed by atoms with Gasteiger partial charge in [0.1, 0.15) is 11.9 Å². The van der Waals surface area contributed by atoms with Crippen molar-refractivity contribution in [1.29, 1.82) is 5.26 Å². The van der Waals surface area contributed by atoms with Crippen LogP contribution in [-0.2, 0) is 13.0 Å². The van der Waals surface area contributed by atoms with Crippen LogP contribution in [0.1, 0.15) is 23.7 Å². The van der Waals surface area contributed by atoms with Gasteiger partial charge in [0.25, 0.3) is 0 Å². The first kappa shape index (κ1) is 14.5. The van der Waals surface area contributed by atoms with Gasteiger partial charge in [-0.2, -0.15) is 5.26 Å². The largest absolute Gasteiger partial charge is 0.366 e. The first-order valence-electron chi connectivity index (χ1n) is 6.52. The zero-order chi connectivity index (χ0) is 15.2. The Bertz CT molecular complexity index is 707. The number of rotatable bonds is 5. The van der Waals surface area contributed by atoms with Crippen LogP contribution in [0.15, 0.2) is 36.4 Å². The Morgan fingerprint density at radius 3 is 2.62 bits per heavy atom. The molecule has 0 spiro atoms. The van der Waals surface area contributed by atoms with E-state index in [0.29, 0.717) is 12.4 Å². The van der Waals surface area contributed by atoms with Gasteiger partial charge < -0.3 is 5.32 Å². The van der Waals surface area contributed by atoms with E-state index in [-0.39, 0.29) is 11.4 Å². The van der Waals surface area contributed by atoms with Crippen LogP contribution in [0.3, 0.4) is 0 Å². The van der Waals surface area contributed by atoms with Crippen molar-refractivity contribution in [2.45, 2.75) is 19.9 Å². The van der Waals surface area contributed by atoms with Crippen molar-refractivity contribution < 1.29 is 4.92 Å². The summed E-state index contributed by atoms with van der Waals surface area (Å²) in [6.07, 6.45) is 0.926. The molecule has 0 saturated heterocycles. The number of hydrogen-bond donors (Lipinski definition) is 1. The maximum absolute atomic E-state index is 10.7. The Morgan fingerprint density at radius 1 is 1.29 bits per heavy atom. The average Bonchev–Trinajstić information content (AvgIpc) is 2.52. The molecule has 1 heterocycles. The summed E-state index contributed by atoms with van der Waals surface area (Å²) in [5.74, 6) is 0.447. The Balaban J connectivity index is 2.18. The van der Waals surface area contributed by atoms with Crippen molar-refractivity contribution in [3.05, 3.63) is 63.3 Å². The summed E-state index contributed by atoms with van der Waals surface area (Å²) in [7, 11) is 0. The highest BCUT2D eigenvalue weighted by Gasteiger charge is 2.15. The highest BCUT2D eigenvalue weighted by Crippen LogP contribution is 2.19. The molecule has 1 aromatic heterocycles. The van der Waals surface area contributed by atoms with E-state index < -0.39 is 4.92 Å². The van der Waals surface area contributed by atoms with E-state index in [1.165, 1.54) is 17.7 Å². The van der Waals surface area contributed by atoms with E-state index in [1.54, 1.807) is 6.07 Å². The van der Waals surface area contributed by atoms with Crippen molar-refractivity contribution in [3.63, 3.8) is 0 Å². The minimum absolute atomic E-state index is 0.186. The Morgan fingerprint density at radius 2 is 2.00 bits per heavy atom. The molecule has 106 valence electrons. The zero-order valence-electron chi connectivity index (χ0n) is 11.5. The average molecular weight is 282 g/mol. The number of aromatic nitrogens is 1.